The van der Waals surface area contributed by atoms with E-state index in [0.29, 0.717) is 0 Å². The van der Waals surface area contributed by atoms with Crippen molar-refractivity contribution in [2.45, 2.75) is 0 Å². The Balaban J connectivity index is -0.00000000381. The van der Waals surface area contributed by atoms with Gasteiger partial charge in [0.25, 0.3) is 0 Å². The van der Waals surface area contributed by atoms with E-state index in [0.717, 1.165) is 0 Å². The van der Waals surface area contributed by atoms with Crippen molar-refractivity contribution >= 4 is 10.4 Å². The van der Waals surface area contributed by atoms with Crippen molar-refractivity contribution in [3.63, 3.8) is 0 Å². The molecule has 0 amide bonds. The SMILES string of the molecule is O.O.O.O=S(=O)([O-])[O-].[K+].[O-2].[O-2].[V]. The smallest absolute Gasteiger partial charge is 1.00 e. The first-order chi connectivity index (χ1) is 2.00. The Morgan fingerprint density at radius 1 is 0.833 bits per heavy atom. The standard InChI is InChI=1S/K.H2O4S.3H2O.2O.V/c;1-5(2,3)4;;;;;;/h;(H2,1,2,3,4);3*1H2;;;/q+1;;;;;2*-2;/p-2. The van der Waals surface area contributed by atoms with Gasteiger partial charge in [-0.1, -0.05) is 0 Å². The fourth-order valence-corrected chi connectivity index (χ4v) is 0. The zero-order valence-corrected chi connectivity index (χ0v) is 11.1. The Morgan fingerprint density at radius 2 is 0.833 bits per heavy atom. The minimum atomic E-state index is -5.17. The molecule has 0 atom stereocenters. The molecule has 1 radical (unpaired) electrons. The summed E-state index contributed by atoms with van der Waals surface area (Å²) in [7, 11) is -5.17. The Kier molecular flexibility index (Phi) is 162. The summed E-state index contributed by atoms with van der Waals surface area (Å²) in [6.45, 7) is 0. The maximum absolute atomic E-state index is 8.52. The number of hydrogen-bond donors (Lipinski definition) is 0. The Bertz CT molecular complexity index is 97.7. The van der Waals surface area contributed by atoms with Crippen LogP contribution in [-0.2, 0) is 39.9 Å². The Hall–Kier alpha value is 1.89. The van der Waals surface area contributed by atoms with Gasteiger partial charge in [0.15, 0.2) is 0 Å². The van der Waals surface area contributed by atoms with Gasteiger partial charge in [-0.25, -0.2) is 0 Å². The van der Waals surface area contributed by atoms with Crippen LogP contribution in [0.3, 0.4) is 0 Å². The molecule has 0 rings (SSSR count). The van der Waals surface area contributed by atoms with Crippen molar-refractivity contribution in [2.24, 2.45) is 0 Å². The van der Waals surface area contributed by atoms with Crippen LogP contribution in [0.25, 0.3) is 0 Å². The van der Waals surface area contributed by atoms with Gasteiger partial charge in [-0.15, -0.1) is 0 Å². The fraction of sp³-hybridized carbons (Fsp3) is 0. The van der Waals surface area contributed by atoms with Crippen LogP contribution >= 0.6 is 0 Å². The monoisotopic (exact) mass is 272 g/mol. The largest absolute Gasteiger partial charge is 2.00 e. The van der Waals surface area contributed by atoms with Crippen molar-refractivity contribution in [2.75, 3.05) is 0 Å². The quantitative estimate of drug-likeness (QED) is 0.237. The zero-order valence-electron chi connectivity index (χ0n) is 5.80. The van der Waals surface area contributed by atoms with E-state index in [2.05, 4.69) is 0 Å². The van der Waals surface area contributed by atoms with Crippen LogP contribution in [0.15, 0.2) is 0 Å². The van der Waals surface area contributed by atoms with Crippen molar-refractivity contribution in [3.05, 3.63) is 0 Å². The zero-order chi connectivity index (χ0) is 4.50. The molecule has 0 aromatic heterocycles. The minimum absolute atomic E-state index is 0. The van der Waals surface area contributed by atoms with Crippen molar-refractivity contribution in [1.29, 1.82) is 0 Å². The molecular formula is H6KO9SV-5. The Morgan fingerprint density at radius 3 is 0.833 bits per heavy atom. The predicted molar refractivity (Wildman–Crippen MR) is 22.7 cm³/mol. The maximum atomic E-state index is 8.52. The summed E-state index contributed by atoms with van der Waals surface area (Å²) in [6, 6.07) is 0. The second-order valence-electron chi connectivity index (χ2n) is 0.408. The topological polar surface area (TPSA) is 232 Å². The molecule has 0 aromatic carbocycles. The van der Waals surface area contributed by atoms with Crippen LogP contribution in [0.2, 0.25) is 0 Å². The summed E-state index contributed by atoms with van der Waals surface area (Å²) in [5, 5.41) is 0. The second kappa shape index (κ2) is 29.3. The predicted octanol–water partition coefficient (Wildman–Crippen LogP) is -7.05. The van der Waals surface area contributed by atoms with Crippen LogP contribution in [0.4, 0.5) is 0 Å². The molecule has 9 nitrogen and oxygen atoms in total. The van der Waals surface area contributed by atoms with Gasteiger partial charge < -0.3 is 36.5 Å². The molecule has 0 aromatic rings. The van der Waals surface area contributed by atoms with Gasteiger partial charge in [-0.05, 0) is 0 Å². The maximum Gasteiger partial charge on any atom is 1.00 e. The van der Waals surface area contributed by atoms with Gasteiger partial charge in [0.1, 0.15) is 0 Å². The molecule has 0 fully saturated rings. The normalized spacial score (nSPS) is 4.83. The molecule has 0 aliphatic carbocycles. The van der Waals surface area contributed by atoms with E-state index in [1.807, 2.05) is 0 Å². The second-order valence-corrected chi connectivity index (χ2v) is 1.22. The van der Waals surface area contributed by atoms with Gasteiger partial charge >= 0.3 is 51.4 Å². The van der Waals surface area contributed by atoms with E-state index >= 15 is 0 Å². The van der Waals surface area contributed by atoms with Gasteiger partial charge in [0.2, 0.25) is 0 Å². The minimum Gasteiger partial charge on any atom is -2.00 e. The van der Waals surface area contributed by atoms with Crippen molar-refractivity contribution < 1.29 is 115 Å². The number of hydrogen-bond acceptors (Lipinski definition) is 4. The van der Waals surface area contributed by atoms with Crippen molar-refractivity contribution in [1.82, 2.24) is 0 Å². The van der Waals surface area contributed by atoms with E-state index in [4.69, 9.17) is 17.5 Å². The van der Waals surface area contributed by atoms with E-state index in [-0.39, 0.29) is 97.3 Å². The average molecular weight is 272 g/mol. The Labute approximate surface area is 123 Å². The van der Waals surface area contributed by atoms with E-state index in [9.17, 15) is 0 Å². The molecule has 12 heavy (non-hydrogen) atoms. The summed E-state index contributed by atoms with van der Waals surface area (Å²) in [5.41, 5.74) is 0. The first-order valence-corrected chi connectivity index (χ1v) is 2.00. The number of rotatable bonds is 0. The molecule has 12 heteroatoms. The summed E-state index contributed by atoms with van der Waals surface area (Å²) in [4.78, 5) is 0. The molecule has 0 saturated heterocycles. The van der Waals surface area contributed by atoms with Gasteiger partial charge in [-0.2, -0.15) is 0 Å². The van der Waals surface area contributed by atoms with Crippen LogP contribution in [-0.4, -0.2) is 34.0 Å². The first-order valence-electron chi connectivity index (χ1n) is 0.667. The van der Waals surface area contributed by atoms with Gasteiger partial charge in [0.05, 0.1) is 0 Å². The van der Waals surface area contributed by atoms with Crippen molar-refractivity contribution in [3.8, 4) is 0 Å². The third kappa shape index (κ3) is 394. The molecule has 0 aliphatic rings. The molecular weight excluding hydrogens is 266 g/mol. The molecule has 0 spiro atoms. The average Bonchev–Trinajstić information content (AvgIpc) is 0.722. The van der Waals surface area contributed by atoms with Crippen LogP contribution in [0.5, 0.6) is 0 Å². The molecule has 0 saturated carbocycles. The summed E-state index contributed by atoms with van der Waals surface area (Å²) < 4.78 is 34.1. The van der Waals surface area contributed by atoms with Crippen LogP contribution in [0.1, 0.15) is 0 Å². The van der Waals surface area contributed by atoms with Crippen LogP contribution < -0.4 is 51.4 Å². The molecule has 0 heterocycles. The summed E-state index contributed by atoms with van der Waals surface area (Å²) >= 11 is 0. The third-order valence-corrected chi connectivity index (χ3v) is 0. The molecule has 0 unspecified atom stereocenters. The van der Waals surface area contributed by atoms with Gasteiger partial charge in [-0.3, -0.25) is 8.42 Å². The van der Waals surface area contributed by atoms with E-state index < -0.39 is 10.4 Å². The van der Waals surface area contributed by atoms with E-state index in [1.54, 1.807) is 0 Å². The fourth-order valence-electron chi connectivity index (χ4n) is 0. The third-order valence-electron chi connectivity index (χ3n) is 0. The molecule has 77 valence electrons. The van der Waals surface area contributed by atoms with Gasteiger partial charge in [0, 0.05) is 29.0 Å². The molecule has 0 aliphatic heterocycles. The van der Waals surface area contributed by atoms with E-state index in [1.165, 1.54) is 0 Å². The molecule has 6 N–H and O–H groups in total. The summed E-state index contributed by atoms with van der Waals surface area (Å²) in [6.07, 6.45) is 0. The summed E-state index contributed by atoms with van der Waals surface area (Å²) in [5.74, 6) is 0. The van der Waals surface area contributed by atoms with Crippen LogP contribution in [0, 0.1) is 0 Å². The first kappa shape index (κ1) is 66.5. The molecule has 0 bridgehead atoms.